The van der Waals surface area contributed by atoms with E-state index >= 15 is 0 Å². The van der Waals surface area contributed by atoms with Crippen LogP contribution in [0.4, 0.5) is 10.2 Å². The number of rotatable bonds is 6. The van der Waals surface area contributed by atoms with Crippen molar-refractivity contribution in [2.75, 3.05) is 58.3 Å². The molecule has 3 rings (SSSR count). The monoisotopic (exact) mass is 526 g/mol. The predicted octanol–water partition coefficient (Wildman–Crippen LogP) is 3.23. The highest BCUT2D eigenvalue weighted by atomic mass is 127. The molecule has 1 fully saturated rings. The van der Waals surface area contributed by atoms with Gasteiger partial charge in [0.15, 0.2) is 5.96 Å². The first-order valence-corrected chi connectivity index (χ1v) is 10.2. The van der Waals surface area contributed by atoms with E-state index in [1.807, 2.05) is 44.6 Å². The lowest BCUT2D eigenvalue weighted by Crippen LogP contribution is -2.53. The number of halogens is 2. The van der Waals surface area contributed by atoms with E-state index in [-0.39, 0.29) is 35.8 Å². The van der Waals surface area contributed by atoms with E-state index in [4.69, 9.17) is 4.99 Å². The van der Waals surface area contributed by atoms with Crippen molar-refractivity contribution in [2.24, 2.45) is 4.99 Å². The first-order valence-electron chi connectivity index (χ1n) is 10.2. The van der Waals surface area contributed by atoms with Gasteiger partial charge in [-0.25, -0.2) is 9.37 Å². The fourth-order valence-electron chi connectivity index (χ4n) is 3.54. The highest BCUT2D eigenvalue weighted by Gasteiger charge is 2.21. The standard InChI is InChI=1S/C22H31FN6.HI/c1-4-24-22(26-17-20(27(2)3)18-8-10-19(23)11-9-18)29-15-13-28(14-16-29)21-7-5-6-12-25-21;/h5-12,20H,4,13-17H2,1-3H3,(H,24,26);1H. The lowest BCUT2D eigenvalue weighted by molar-refractivity contribution is 0.303. The zero-order valence-corrected chi connectivity index (χ0v) is 20.3. The van der Waals surface area contributed by atoms with Crippen LogP contribution in [0.25, 0.3) is 0 Å². The fraction of sp³-hybridized carbons (Fsp3) is 0.455. The number of nitrogens with one attached hydrogen (secondary N) is 1. The molecule has 0 aliphatic carbocycles. The van der Waals surface area contributed by atoms with Gasteiger partial charge >= 0.3 is 0 Å². The Bertz CT molecular complexity index is 776. The molecular formula is C22H32FIN6. The minimum Gasteiger partial charge on any atom is -0.357 e. The second-order valence-corrected chi connectivity index (χ2v) is 7.39. The van der Waals surface area contributed by atoms with Crippen LogP contribution in [0.15, 0.2) is 53.7 Å². The number of piperazine rings is 1. The smallest absolute Gasteiger partial charge is 0.194 e. The fourth-order valence-corrected chi connectivity index (χ4v) is 3.54. The zero-order valence-electron chi connectivity index (χ0n) is 18.0. The lowest BCUT2D eigenvalue weighted by atomic mass is 10.1. The molecule has 0 bridgehead atoms. The highest BCUT2D eigenvalue weighted by Crippen LogP contribution is 2.19. The summed E-state index contributed by atoms with van der Waals surface area (Å²) in [5.41, 5.74) is 1.07. The molecule has 1 aliphatic rings. The van der Waals surface area contributed by atoms with Gasteiger partial charge in [0.2, 0.25) is 0 Å². The molecule has 1 aliphatic heterocycles. The number of aliphatic imine (C=N–C) groups is 1. The van der Waals surface area contributed by atoms with Gasteiger partial charge in [0.05, 0.1) is 12.6 Å². The molecule has 2 heterocycles. The quantitative estimate of drug-likeness (QED) is 0.356. The minimum atomic E-state index is -0.214. The normalized spacial score (nSPS) is 15.7. The number of pyridine rings is 1. The third-order valence-electron chi connectivity index (χ3n) is 5.18. The number of benzene rings is 1. The molecule has 1 aromatic heterocycles. The van der Waals surface area contributed by atoms with Crippen LogP contribution in [0, 0.1) is 5.82 Å². The third kappa shape index (κ3) is 6.53. The molecule has 164 valence electrons. The second-order valence-electron chi connectivity index (χ2n) is 7.39. The second kappa shape index (κ2) is 12.0. The Hall–Kier alpha value is -1.94. The van der Waals surface area contributed by atoms with Gasteiger partial charge in [-0.3, -0.25) is 4.99 Å². The van der Waals surface area contributed by atoms with Crippen LogP contribution in [-0.2, 0) is 0 Å². The molecule has 1 unspecified atom stereocenters. The van der Waals surface area contributed by atoms with Gasteiger partial charge in [0.1, 0.15) is 11.6 Å². The van der Waals surface area contributed by atoms with Crippen LogP contribution in [0.3, 0.4) is 0 Å². The molecule has 1 saturated heterocycles. The molecule has 1 aromatic carbocycles. The summed E-state index contributed by atoms with van der Waals surface area (Å²) in [6, 6.07) is 12.8. The number of aromatic nitrogens is 1. The van der Waals surface area contributed by atoms with Crippen LogP contribution in [0.2, 0.25) is 0 Å². The molecule has 1 atom stereocenters. The van der Waals surface area contributed by atoms with Gasteiger partial charge in [0, 0.05) is 38.9 Å². The molecule has 0 saturated carbocycles. The van der Waals surface area contributed by atoms with Crippen molar-refractivity contribution in [3.8, 4) is 0 Å². The summed E-state index contributed by atoms with van der Waals surface area (Å²) in [5, 5.41) is 3.43. The number of nitrogens with zero attached hydrogens (tertiary/aromatic N) is 5. The van der Waals surface area contributed by atoms with Crippen molar-refractivity contribution in [2.45, 2.75) is 13.0 Å². The molecule has 8 heteroatoms. The zero-order chi connectivity index (χ0) is 20.6. The Balaban J connectivity index is 0.00000320. The summed E-state index contributed by atoms with van der Waals surface area (Å²) < 4.78 is 13.3. The third-order valence-corrected chi connectivity index (χ3v) is 5.18. The van der Waals surface area contributed by atoms with Crippen molar-refractivity contribution in [3.05, 3.63) is 60.0 Å². The predicted molar refractivity (Wildman–Crippen MR) is 132 cm³/mol. The van der Waals surface area contributed by atoms with Crippen LogP contribution in [-0.4, -0.2) is 74.1 Å². The maximum absolute atomic E-state index is 13.3. The Kier molecular flexibility index (Phi) is 9.77. The van der Waals surface area contributed by atoms with Crippen LogP contribution >= 0.6 is 24.0 Å². The summed E-state index contributed by atoms with van der Waals surface area (Å²) in [6.07, 6.45) is 1.84. The average Bonchev–Trinajstić information content (AvgIpc) is 2.75. The van der Waals surface area contributed by atoms with Gasteiger partial charge in [-0.1, -0.05) is 18.2 Å². The van der Waals surface area contributed by atoms with Gasteiger partial charge in [0.25, 0.3) is 0 Å². The van der Waals surface area contributed by atoms with Crippen molar-refractivity contribution < 1.29 is 4.39 Å². The largest absolute Gasteiger partial charge is 0.357 e. The summed E-state index contributed by atoms with van der Waals surface area (Å²) in [6.45, 7) is 7.14. The van der Waals surface area contributed by atoms with Crippen LogP contribution < -0.4 is 10.2 Å². The summed E-state index contributed by atoms with van der Waals surface area (Å²) in [7, 11) is 4.06. The first-order chi connectivity index (χ1) is 14.1. The number of likely N-dealkylation sites (N-methyl/N-ethyl adjacent to an activating group) is 1. The Morgan fingerprint density at radius 1 is 1.13 bits per heavy atom. The number of guanidine groups is 1. The molecule has 30 heavy (non-hydrogen) atoms. The van der Waals surface area contributed by atoms with Gasteiger partial charge in [-0.15, -0.1) is 24.0 Å². The van der Waals surface area contributed by atoms with E-state index in [1.54, 1.807) is 0 Å². The highest BCUT2D eigenvalue weighted by molar-refractivity contribution is 14.0. The van der Waals surface area contributed by atoms with Gasteiger partial charge in [-0.05, 0) is 50.8 Å². The topological polar surface area (TPSA) is 47.0 Å². The van der Waals surface area contributed by atoms with Gasteiger partial charge < -0.3 is 20.0 Å². The maximum Gasteiger partial charge on any atom is 0.194 e. The SMILES string of the molecule is CCNC(=NCC(c1ccc(F)cc1)N(C)C)N1CCN(c2ccccn2)CC1.I. The van der Waals surface area contributed by atoms with Crippen molar-refractivity contribution in [1.82, 2.24) is 20.1 Å². The number of hydrogen-bond donors (Lipinski definition) is 1. The summed E-state index contributed by atoms with van der Waals surface area (Å²) >= 11 is 0. The summed E-state index contributed by atoms with van der Waals surface area (Å²) in [4.78, 5) is 16.1. The first kappa shape index (κ1) is 24.3. The van der Waals surface area contributed by atoms with E-state index in [1.165, 1.54) is 12.1 Å². The molecule has 6 nitrogen and oxygen atoms in total. The van der Waals surface area contributed by atoms with Crippen molar-refractivity contribution in [1.29, 1.82) is 0 Å². The molecule has 1 N–H and O–H groups in total. The van der Waals surface area contributed by atoms with E-state index in [0.717, 1.165) is 50.1 Å². The minimum absolute atomic E-state index is 0. The summed E-state index contributed by atoms with van der Waals surface area (Å²) in [5.74, 6) is 1.74. The Labute approximate surface area is 196 Å². The van der Waals surface area contributed by atoms with Crippen molar-refractivity contribution in [3.63, 3.8) is 0 Å². The molecule has 0 radical (unpaired) electrons. The van der Waals surface area contributed by atoms with Crippen LogP contribution in [0.5, 0.6) is 0 Å². The number of hydrogen-bond acceptors (Lipinski definition) is 4. The van der Waals surface area contributed by atoms with E-state index in [2.05, 4.69) is 38.0 Å². The van der Waals surface area contributed by atoms with E-state index in [0.29, 0.717) is 6.54 Å². The average molecular weight is 526 g/mol. The number of anilines is 1. The molecule has 2 aromatic rings. The van der Waals surface area contributed by atoms with E-state index in [9.17, 15) is 4.39 Å². The molecule has 0 amide bonds. The maximum atomic E-state index is 13.3. The van der Waals surface area contributed by atoms with Crippen molar-refractivity contribution >= 4 is 35.8 Å². The van der Waals surface area contributed by atoms with E-state index < -0.39 is 0 Å². The molecular weight excluding hydrogens is 494 g/mol. The Morgan fingerprint density at radius 3 is 2.40 bits per heavy atom. The lowest BCUT2D eigenvalue weighted by Gasteiger charge is -2.37. The van der Waals surface area contributed by atoms with Gasteiger partial charge in [-0.2, -0.15) is 0 Å². The molecule has 0 spiro atoms. The van der Waals surface area contributed by atoms with Crippen LogP contribution in [0.1, 0.15) is 18.5 Å². The Morgan fingerprint density at radius 2 is 1.83 bits per heavy atom.